The average molecular weight is 240 g/mol. The first-order chi connectivity index (χ1) is 8.60. The Morgan fingerprint density at radius 2 is 1.94 bits per heavy atom. The number of allylic oxidation sites excluding steroid dienone is 9. The van der Waals surface area contributed by atoms with Gasteiger partial charge in [0, 0.05) is 11.3 Å². The van der Waals surface area contributed by atoms with Gasteiger partial charge in [0.2, 0.25) is 0 Å². The van der Waals surface area contributed by atoms with Crippen LogP contribution in [0.15, 0.2) is 72.7 Å². The van der Waals surface area contributed by atoms with Crippen molar-refractivity contribution in [2.24, 2.45) is 11.5 Å². The van der Waals surface area contributed by atoms with Gasteiger partial charge in [0.15, 0.2) is 0 Å². The second kappa shape index (κ2) is 9.80. The van der Waals surface area contributed by atoms with Gasteiger partial charge in [0.1, 0.15) is 0 Å². The minimum atomic E-state index is 0.348. The van der Waals surface area contributed by atoms with Gasteiger partial charge in [-0.3, -0.25) is 0 Å². The highest BCUT2D eigenvalue weighted by Crippen LogP contribution is 1.99. The summed E-state index contributed by atoms with van der Waals surface area (Å²) in [6.07, 6.45) is 13.8. The van der Waals surface area contributed by atoms with Crippen molar-refractivity contribution in [2.45, 2.75) is 13.3 Å². The monoisotopic (exact) mass is 240 g/mol. The molecule has 0 aromatic rings. The van der Waals surface area contributed by atoms with Crippen LogP contribution in [-0.4, -0.2) is 0 Å². The Morgan fingerprint density at radius 1 is 1.22 bits per heavy atom. The summed E-state index contributed by atoms with van der Waals surface area (Å²) >= 11 is 0. The molecule has 0 heterocycles. The summed E-state index contributed by atoms with van der Waals surface area (Å²) in [6.45, 7) is 9.01. The van der Waals surface area contributed by atoms with E-state index in [9.17, 15) is 0 Å². The lowest BCUT2D eigenvalue weighted by molar-refractivity contribution is 1.30. The first-order valence-corrected chi connectivity index (χ1v) is 5.64. The minimum absolute atomic E-state index is 0.348. The van der Waals surface area contributed by atoms with E-state index in [4.69, 9.17) is 11.5 Å². The van der Waals surface area contributed by atoms with E-state index >= 15 is 0 Å². The van der Waals surface area contributed by atoms with Crippen molar-refractivity contribution in [3.63, 3.8) is 0 Å². The molecule has 0 saturated carbocycles. The Labute approximate surface area is 110 Å². The molecule has 0 aromatic carbocycles. The van der Waals surface area contributed by atoms with Gasteiger partial charge in [0.25, 0.3) is 0 Å². The summed E-state index contributed by atoms with van der Waals surface area (Å²) in [4.78, 5) is 0. The molecule has 0 aliphatic rings. The molecule has 0 unspecified atom stereocenters. The Bertz CT molecular complexity index is 463. The summed E-state index contributed by atoms with van der Waals surface area (Å²) in [5.74, 6) is 5.60. The Morgan fingerprint density at radius 3 is 2.50 bits per heavy atom. The predicted molar refractivity (Wildman–Crippen MR) is 80.2 cm³/mol. The molecule has 94 valence electrons. The fraction of sp³-hybridized carbons (Fsp3) is 0.125. The number of nitrogens with two attached hydrogens (primary N) is 2. The highest BCUT2D eigenvalue weighted by atomic mass is 14.5. The van der Waals surface area contributed by atoms with Gasteiger partial charge in [-0.15, -0.1) is 0 Å². The average Bonchev–Trinajstić information content (AvgIpc) is 2.34. The molecule has 0 saturated heterocycles. The molecule has 0 aliphatic heterocycles. The fourth-order valence-corrected chi connectivity index (χ4v) is 0.995. The SMILES string of the molecule is C=C/C=C\C/C=C(N)/C=C/C(C#CC(=C)N)=C/C. The quantitative estimate of drug-likeness (QED) is 0.573. The van der Waals surface area contributed by atoms with Crippen molar-refractivity contribution in [1.82, 2.24) is 0 Å². The predicted octanol–water partition coefficient (Wildman–Crippen LogP) is 2.94. The topological polar surface area (TPSA) is 52.0 Å². The van der Waals surface area contributed by atoms with Crippen LogP contribution in [0, 0.1) is 11.8 Å². The first-order valence-electron chi connectivity index (χ1n) is 5.64. The molecule has 0 aliphatic carbocycles. The zero-order valence-corrected chi connectivity index (χ0v) is 10.8. The maximum atomic E-state index is 5.81. The van der Waals surface area contributed by atoms with Crippen molar-refractivity contribution >= 4 is 0 Å². The third kappa shape index (κ3) is 8.87. The molecule has 4 N–H and O–H groups in total. The van der Waals surface area contributed by atoms with Crippen LogP contribution in [0.3, 0.4) is 0 Å². The standard InChI is InChI=1S/C16H20N2/c1-4-6-7-8-9-16(18)13-12-15(5-2)11-10-14(3)17/h4-7,9,12-13H,1,3,8,17-18H2,2H3/b7-6-,13-12+,15-5+,16-9-. The molecule has 0 bridgehead atoms. The van der Waals surface area contributed by atoms with Gasteiger partial charge in [-0.25, -0.2) is 0 Å². The highest BCUT2D eigenvalue weighted by molar-refractivity contribution is 5.43. The number of hydrogen-bond donors (Lipinski definition) is 2. The van der Waals surface area contributed by atoms with Crippen molar-refractivity contribution < 1.29 is 0 Å². The zero-order chi connectivity index (χ0) is 13.8. The largest absolute Gasteiger partial charge is 0.399 e. The summed E-state index contributed by atoms with van der Waals surface area (Å²) in [5, 5.41) is 0. The van der Waals surface area contributed by atoms with Gasteiger partial charge in [-0.2, -0.15) is 0 Å². The van der Waals surface area contributed by atoms with Gasteiger partial charge in [-0.05, 0) is 31.4 Å². The van der Waals surface area contributed by atoms with Crippen LogP contribution in [0.25, 0.3) is 0 Å². The number of rotatable bonds is 5. The zero-order valence-electron chi connectivity index (χ0n) is 10.8. The van der Waals surface area contributed by atoms with Gasteiger partial charge in [-0.1, -0.05) is 49.5 Å². The molecule has 0 fully saturated rings. The summed E-state index contributed by atoms with van der Waals surface area (Å²) in [6, 6.07) is 0. The maximum absolute atomic E-state index is 5.81. The van der Waals surface area contributed by atoms with Crippen LogP contribution in [0.5, 0.6) is 0 Å². The van der Waals surface area contributed by atoms with E-state index in [1.807, 2.05) is 43.4 Å². The van der Waals surface area contributed by atoms with Gasteiger partial charge in [0.05, 0.1) is 5.70 Å². The second-order valence-electron chi connectivity index (χ2n) is 3.46. The molecule has 0 radical (unpaired) electrons. The van der Waals surface area contributed by atoms with E-state index < -0.39 is 0 Å². The summed E-state index contributed by atoms with van der Waals surface area (Å²) in [5.41, 5.74) is 13.1. The molecule has 0 rings (SSSR count). The molecule has 0 aromatic heterocycles. The molecule has 0 amide bonds. The molecular weight excluding hydrogens is 220 g/mol. The summed E-state index contributed by atoms with van der Waals surface area (Å²) in [7, 11) is 0. The minimum Gasteiger partial charge on any atom is -0.399 e. The van der Waals surface area contributed by atoms with Crippen LogP contribution >= 0.6 is 0 Å². The molecular formula is C16H20N2. The third-order valence-corrected chi connectivity index (χ3v) is 1.90. The van der Waals surface area contributed by atoms with Crippen LogP contribution in [0.2, 0.25) is 0 Å². The smallest absolute Gasteiger partial charge is 0.0758 e. The highest BCUT2D eigenvalue weighted by Gasteiger charge is 1.85. The van der Waals surface area contributed by atoms with E-state index in [0.717, 1.165) is 12.0 Å². The number of hydrogen-bond acceptors (Lipinski definition) is 2. The Kier molecular flexibility index (Phi) is 8.49. The third-order valence-electron chi connectivity index (χ3n) is 1.90. The van der Waals surface area contributed by atoms with Crippen molar-refractivity contribution in [1.29, 1.82) is 0 Å². The lowest BCUT2D eigenvalue weighted by Gasteiger charge is -1.92. The first kappa shape index (κ1) is 15.6. The van der Waals surface area contributed by atoms with Crippen LogP contribution in [0.1, 0.15) is 13.3 Å². The lowest BCUT2D eigenvalue weighted by atomic mass is 10.2. The van der Waals surface area contributed by atoms with Crippen molar-refractivity contribution in [3.8, 4) is 11.8 Å². The molecule has 2 nitrogen and oxygen atoms in total. The maximum Gasteiger partial charge on any atom is 0.0758 e. The van der Waals surface area contributed by atoms with Crippen LogP contribution in [-0.2, 0) is 0 Å². The van der Waals surface area contributed by atoms with E-state index in [-0.39, 0.29) is 0 Å². The van der Waals surface area contributed by atoms with E-state index in [1.165, 1.54) is 0 Å². The van der Waals surface area contributed by atoms with Crippen molar-refractivity contribution in [3.05, 3.63) is 72.7 Å². The van der Waals surface area contributed by atoms with E-state index in [1.54, 1.807) is 6.08 Å². The lowest BCUT2D eigenvalue weighted by Crippen LogP contribution is -1.92. The van der Waals surface area contributed by atoms with Gasteiger partial charge >= 0.3 is 0 Å². The Balaban J connectivity index is 4.53. The fourth-order valence-electron chi connectivity index (χ4n) is 0.995. The Hall–Kier alpha value is -2.40. The van der Waals surface area contributed by atoms with E-state index in [0.29, 0.717) is 11.4 Å². The second-order valence-corrected chi connectivity index (χ2v) is 3.46. The van der Waals surface area contributed by atoms with Gasteiger partial charge < -0.3 is 11.5 Å². The molecule has 0 atom stereocenters. The normalized spacial score (nSPS) is 12.5. The molecule has 2 heteroatoms. The van der Waals surface area contributed by atoms with E-state index in [2.05, 4.69) is 25.0 Å². The van der Waals surface area contributed by atoms with Crippen molar-refractivity contribution in [2.75, 3.05) is 0 Å². The van der Waals surface area contributed by atoms with Crippen LogP contribution in [0.4, 0.5) is 0 Å². The molecule has 18 heavy (non-hydrogen) atoms. The molecule has 0 spiro atoms. The summed E-state index contributed by atoms with van der Waals surface area (Å²) < 4.78 is 0. The van der Waals surface area contributed by atoms with Crippen LogP contribution < -0.4 is 11.5 Å².